The summed E-state index contributed by atoms with van der Waals surface area (Å²) in [6, 6.07) is 5.47. The fraction of sp³-hybridized carbons (Fsp3) is 0.600. The number of phenols is 1. The highest BCUT2D eigenvalue weighted by molar-refractivity contribution is 9.09. The normalized spacial score (nSPS) is 12.6. The Morgan fingerprint density at radius 1 is 1.11 bits per heavy atom. The summed E-state index contributed by atoms with van der Waals surface area (Å²) in [6.07, 6.45) is 8.69. The number of aryl methyl sites for hydroxylation is 1. The lowest BCUT2D eigenvalue weighted by Gasteiger charge is -2.09. The summed E-state index contributed by atoms with van der Waals surface area (Å²) in [5.74, 6) is 0.145. The minimum absolute atomic E-state index is 0.145. The number of aromatic hydroxyl groups is 1. The number of rotatable bonds is 8. The molecule has 0 bridgehead atoms. The van der Waals surface area contributed by atoms with Crippen LogP contribution in [-0.2, 0) is 6.42 Å². The third kappa shape index (κ3) is 5.40. The monoisotopic (exact) mass is 314 g/mol. The van der Waals surface area contributed by atoms with Crippen molar-refractivity contribution in [1.82, 2.24) is 0 Å². The Labute approximate surface area is 118 Å². The second kappa shape index (κ2) is 8.54. The molecule has 0 saturated carbocycles. The number of aliphatic hydroxyl groups is 1. The van der Waals surface area contributed by atoms with Crippen molar-refractivity contribution in [2.75, 3.05) is 0 Å². The number of benzene rings is 1. The molecular weight excluding hydrogens is 292 g/mol. The molecule has 102 valence electrons. The summed E-state index contributed by atoms with van der Waals surface area (Å²) < 4.78 is 0. The van der Waals surface area contributed by atoms with Crippen LogP contribution in [0.3, 0.4) is 0 Å². The minimum Gasteiger partial charge on any atom is -0.508 e. The van der Waals surface area contributed by atoms with Crippen LogP contribution in [0.5, 0.6) is 5.75 Å². The van der Waals surface area contributed by atoms with Crippen LogP contribution >= 0.6 is 15.9 Å². The zero-order valence-electron chi connectivity index (χ0n) is 11.0. The largest absolute Gasteiger partial charge is 0.508 e. The molecule has 0 spiro atoms. The molecule has 0 aliphatic rings. The molecule has 0 heterocycles. The van der Waals surface area contributed by atoms with Crippen molar-refractivity contribution >= 4 is 15.9 Å². The molecule has 18 heavy (non-hydrogen) atoms. The van der Waals surface area contributed by atoms with E-state index in [4.69, 9.17) is 0 Å². The van der Waals surface area contributed by atoms with Gasteiger partial charge in [-0.25, -0.2) is 0 Å². The highest BCUT2D eigenvalue weighted by Gasteiger charge is 2.09. The zero-order valence-corrected chi connectivity index (χ0v) is 12.6. The van der Waals surface area contributed by atoms with E-state index in [0.29, 0.717) is 5.56 Å². The number of halogens is 1. The van der Waals surface area contributed by atoms with Gasteiger partial charge in [-0.1, -0.05) is 61.0 Å². The standard InChI is InChI=1S/C15H23BrO2/c1-2-3-4-5-6-7-8-12-9-10-14(17)13(11-12)15(16)18/h9-11,15,17-18H,2-8H2,1H3. The van der Waals surface area contributed by atoms with Gasteiger partial charge in [0, 0.05) is 5.56 Å². The van der Waals surface area contributed by atoms with Gasteiger partial charge in [-0.15, -0.1) is 0 Å². The molecule has 0 radical (unpaired) electrons. The molecule has 1 aromatic carbocycles. The van der Waals surface area contributed by atoms with Crippen LogP contribution in [0.25, 0.3) is 0 Å². The lowest BCUT2D eigenvalue weighted by Crippen LogP contribution is -1.92. The van der Waals surface area contributed by atoms with Crippen molar-refractivity contribution in [3.05, 3.63) is 29.3 Å². The van der Waals surface area contributed by atoms with Crippen LogP contribution in [0, 0.1) is 0 Å². The topological polar surface area (TPSA) is 40.5 Å². The fourth-order valence-corrected chi connectivity index (χ4v) is 2.43. The smallest absolute Gasteiger partial charge is 0.137 e. The van der Waals surface area contributed by atoms with Crippen molar-refractivity contribution < 1.29 is 10.2 Å². The van der Waals surface area contributed by atoms with Crippen LogP contribution in [-0.4, -0.2) is 10.2 Å². The van der Waals surface area contributed by atoms with Gasteiger partial charge in [0.2, 0.25) is 0 Å². The second-order valence-corrected chi connectivity index (χ2v) is 5.61. The summed E-state index contributed by atoms with van der Waals surface area (Å²) in [4.78, 5) is 0. The molecular formula is C15H23BrO2. The minimum atomic E-state index is -0.790. The Morgan fingerprint density at radius 3 is 2.44 bits per heavy atom. The maximum absolute atomic E-state index is 9.58. The van der Waals surface area contributed by atoms with Crippen molar-refractivity contribution in [2.45, 2.75) is 56.9 Å². The average Bonchev–Trinajstić information content (AvgIpc) is 2.35. The van der Waals surface area contributed by atoms with E-state index in [1.54, 1.807) is 6.07 Å². The number of hydrogen-bond acceptors (Lipinski definition) is 2. The molecule has 1 aromatic rings. The molecule has 1 atom stereocenters. The first kappa shape index (κ1) is 15.5. The van der Waals surface area contributed by atoms with Crippen LogP contribution < -0.4 is 0 Å². The Morgan fingerprint density at radius 2 is 1.78 bits per heavy atom. The summed E-state index contributed by atoms with van der Waals surface area (Å²) >= 11 is 3.07. The van der Waals surface area contributed by atoms with Crippen LogP contribution in [0.1, 0.15) is 61.6 Å². The van der Waals surface area contributed by atoms with Crippen molar-refractivity contribution in [3.8, 4) is 5.75 Å². The van der Waals surface area contributed by atoms with Crippen LogP contribution in [0.4, 0.5) is 0 Å². The Bertz CT molecular complexity index is 350. The predicted octanol–water partition coefficient (Wildman–Crippen LogP) is 4.68. The number of aliphatic hydroxyl groups excluding tert-OH is 1. The molecule has 0 amide bonds. The molecule has 0 aliphatic heterocycles. The molecule has 1 unspecified atom stereocenters. The summed E-state index contributed by atoms with van der Waals surface area (Å²) in [7, 11) is 0. The van der Waals surface area contributed by atoms with E-state index in [1.165, 1.54) is 44.1 Å². The van der Waals surface area contributed by atoms with Crippen molar-refractivity contribution in [2.24, 2.45) is 0 Å². The summed E-state index contributed by atoms with van der Waals surface area (Å²) in [5.41, 5.74) is 1.73. The van der Waals surface area contributed by atoms with E-state index in [-0.39, 0.29) is 5.75 Å². The summed E-state index contributed by atoms with van der Waals surface area (Å²) in [5, 5.41) is 18.2. The first-order valence-electron chi connectivity index (χ1n) is 6.79. The third-order valence-electron chi connectivity index (χ3n) is 3.17. The highest BCUT2D eigenvalue weighted by atomic mass is 79.9. The van der Waals surface area contributed by atoms with E-state index in [0.717, 1.165) is 6.42 Å². The van der Waals surface area contributed by atoms with Gasteiger partial charge in [0.05, 0.1) is 0 Å². The molecule has 2 nitrogen and oxygen atoms in total. The Hall–Kier alpha value is -0.540. The van der Waals surface area contributed by atoms with Crippen molar-refractivity contribution in [1.29, 1.82) is 0 Å². The van der Waals surface area contributed by atoms with Gasteiger partial charge in [0.15, 0.2) is 0 Å². The lowest BCUT2D eigenvalue weighted by molar-refractivity contribution is 0.271. The quantitative estimate of drug-likeness (QED) is 0.540. The number of unbranched alkanes of at least 4 members (excludes halogenated alkanes) is 5. The SMILES string of the molecule is CCCCCCCCc1ccc(O)c(C(O)Br)c1. The van der Waals surface area contributed by atoms with Gasteiger partial charge in [-0.3, -0.25) is 0 Å². The van der Waals surface area contributed by atoms with Crippen molar-refractivity contribution in [3.63, 3.8) is 0 Å². The Kier molecular flexibility index (Phi) is 7.36. The third-order valence-corrected chi connectivity index (χ3v) is 3.66. The van der Waals surface area contributed by atoms with Gasteiger partial charge < -0.3 is 10.2 Å². The molecule has 2 N–H and O–H groups in total. The van der Waals surface area contributed by atoms with Gasteiger partial charge >= 0.3 is 0 Å². The average molecular weight is 315 g/mol. The Balaban J connectivity index is 2.36. The fourth-order valence-electron chi connectivity index (χ4n) is 2.06. The second-order valence-electron chi connectivity index (χ2n) is 4.75. The van der Waals surface area contributed by atoms with E-state index >= 15 is 0 Å². The molecule has 3 heteroatoms. The van der Waals surface area contributed by atoms with E-state index in [9.17, 15) is 10.2 Å². The van der Waals surface area contributed by atoms with Gasteiger partial charge in [-0.05, 0) is 30.5 Å². The molecule has 0 aromatic heterocycles. The highest BCUT2D eigenvalue weighted by Crippen LogP contribution is 2.29. The molecule has 1 rings (SSSR count). The number of phenolic OH excluding ortho intramolecular Hbond substituents is 1. The lowest BCUT2D eigenvalue weighted by atomic mass is 10.0. The first-order valence-corrected chi connectivity index (χ1v) is 7.70. The van der Waals surface area contributed by atoms with Gasteiger partial charge in [-0.2, -0.15) is 0 Å². The molecule has 0 aliphatic carbocycles. The zero-order chi connectivity index (χ0) is 13.4. The molecule has 0 saturated heterocycles. The van der Waals surface area contributed by atoms with Gasteiger partial charge in [0.1, 0.15) is 10.8 Å². The number of hydrogen-bond donors (Lipinski definition) is 2. The maximum atomic E-state index is 9.58. The first-order chi connectivity index (χ1) is 8.65. The molecule has 0 fully saturated rings. The number of alkyl halides is 1. The van der Waals surface area contributed by atoms with Crippen LogP contribution in [0.2, 0.25) is 0 Å². The van der Waals surface area contributed by atoms with E-state index < -0.39 is 5.01 Å². The predicted molar refractivity (Wildman–Crippen MR) is 79.1 cm³/mol. The van der Waals surface area contributed by atoms with Gasteiger partial charge in [0.25, 0.3) is 0 Å². The van der Waals surface area contributed by atoms with E-state index in [2.05, 4.69) is 22.9 Å². The maximum Gasteiger partial charge on any atom is 0.137 e. The van der Waals surface area contributed by atoms with Crippen LogP contribution in [0.15, 0.2) is 18.2 Å². The van der Waals surface area contributed by atoms with E-state index in [1.807, 2.05) is 12.1 Å². The summed E-state index contributed by atoms with van der Waals surface area (Å²) in [6.45, 7) is 2.23.